The van der Waals surface area contributed by atoms with Crippen molar-refractivity contribution in [3.05, 3.63) is 0 Å². The monoisotopic (exact) mass is 163 g/mol. The van der Waals surface area contributed by atoms with Gasteiger partial charge in [-0.15, -0.1) is 0 Å². The van der Waals surface area contributed by atoms with Gasteiger partial charge < -0.3 is 20.3 Å². The van der Waals surface area contributed by atoms with E-state index in [1.165, 1.54) is 0 Å². The predicted molar refractivity (Wildman–Crippen MR) is 42.4 cm³/mol. The molecule has 0 radical (unpaired) electrons. The van der Waals surface area contributed by atoms with E-state index in [4.69, 9.17) is 14.9 Å². The summed E-state index contributed by atoms with van der Waals surface area (Å²) in [5, 5.41) is 20.7. The van der Waals surface area contributed by atoms with E-state index in [0.29, 0.717) is 13.2 Å². The quantitative estimate of drug-likeness (QED) is 0.468. The summed E-state index contributed by atoms with van der Waals surface area (Å²) in [7, 11) is 1.54. The molecule has 0 fully saturated rings. The molecule has 0 amide bonds. The molecule has 0 heterocycles. The van der Waals surface area contributed by atoms with E-state index >= 15 is 0 Å². The summed E-state index contributed by atoms with van der Waals surface area (Å²) in [6.07, 6.45) is -0.492. The van der Waals surface area contributed by atoms with Gasteiger partial charge in [-0.3, -0.25) is 0 Å². The second kappa shape index (κ2) is 6.54. The van der Waals surface area contributed by atoms with Crippen molar-refractivity contribution in [3.63, 3.8) is 0 Å². The van der Waals surface area contributed by atoms with Crippen LogP contribution in [0.2, 0.25) is 0 Å². The van der Waals surface area contributed by atoms with Crippen molar-refractivity contribution < 1.29 is 14.9 Å². The first kappa shape index (κ1) is 10.8. The Morgan fingerprint density at radius 2 is 2.18 bits per heavy atom. The summed E-state index contributed by atoms with van der Waals surface area (Å²) in [4.78, 5) is 0. The lowest BCUT2D eigenvalue weighted by Gasteiger charge is -2.14. The van der Waals surface area contributed by atoms with Crippen LogP contribution < -0.4 is 5.32 Å². The first-order valence-electron chi connectivity index (χ1n) is 3.72. The van der Waals surface area contributed by atoms with Crippen molar-refractivity contribution in [1.82, 2.24) is 5.32 Å². The van der Waals surface area contributed by atoms with Crippen LogP contribution in [0.4, 0.5) is 0 Å². The van der Waals surface area contributed by atoms with Crippen LogP contribution in [0.1, 0.15) is 6.92 Å². The van der Waals surface area contributed by atoms with Crippen LogP contribution in [0.5, 0.6) is 0 Å². The highest BCUT2D eigenvalue weighted by atomic mass is 16.5. The average molecular weight is 163 g/mol. The molecule has 0 rings (SSSR count). The van der Waals surface area contributed by atoms with Gasteiger partial charge in [0, 0.05) is 19.7 Å². The molecule has 0 saturated carbocycles. The zero-order valence-electron chi connectivity index (χ0n) is 7.08. The minimum Gasteiger partial charge on any atom is -0.395 e. The highest BCUT2D eigenvalue weighted by Crippen LogP contribution is 1.83. The van der Waals surface area contributed by atoms with Crippen LogP contribution >= 0.6 is 0 Å². The topological polar surface area (TPSA) is 61.7 Å². The van der Waals surface area contributed by atoms with E-state index in [9.17, 15) is 0 Å². The van der Waals surface area contributed by atoms with Crippen molar-refractivity contribution in [2.45, 2.75) is 19.1 Å². The predicted octanol–water partition coefficient (Wildman–Crippen LogP) is -1.04. The van der Waals surface area contributed by atoms with Gasteiger partial charge in [-0.05, 0) is 6.92 Å². The van der Waals surface area contributed by atoms with Gasteiger partial charge >= 0.3 is 0 Å². The van der Waals surface area contributed by atoms with Gasteiger partial charge in [0.2, 0.25) is 0 Å². The summed E-state index contributed by atoms with van der Waals surface area (Å²) >= 11 is 0. The lowest BCUT2D eigenvalue weighted by Crippen LogP contribution is -2.37. The molecule has 0 aliphatic heterocycles. The molecule has 0 spiro atoms. The maximum atomic E-state index is 9.12. The van der Waals surface area contributed by atoms with E-state index in [-0.39, 0.29) is 12.6 Å². The molecule has 68 valence electrons. The molecule has 0 bridgehead atoms. The van der Waals surface area contributed by atoms with Crippen molar-refractivity contribution in [2.75, 3.05) is 26.9 Å². The number of aliphatic hydroxyl groups is 2. The summed E-state index contributed by atoms with van der Waals surface area (Å²) in [6.45, 7) is 2.71. The highest BCUT2D eigenvalue weighted by Gasteiger charge is 2.04. The molecular weight excluding hydrogens is 146 g/mol. The molecule has 0 saturated heterocycles. The van der Waals surface area contributed by atoms with Crippen molar-refractivity contribution >= 4 is 0 Å². The Balaban J connectivity index is 3.22. The number of hydrogen-bond donors (Lipinski definition) is 3. The fraction of sp³-hybridized carbons (Fsp3) is 1.00. The van der Waals surface area contributed by atoms with Crippen molar-refractivity contribution in [2.24, 2.45) is 0 Å². The fourth-order valence-corrected chi connectivity index (χ4v) is 0.653. The highest BCUT2D eigenvalue weighted by molar-refractivity contribution is 4.63. The maximum absolute atomic E-state index is 9.12. The van der Waals surface area contributed by atoms with Crippen molar-refractivity contribution in [3.8, 4) is 0 Å². The minimum atomic E-state index is -0.492. The lowest BCUT2D eigenvalue weighted by molar-refractivity contribution is 0.0614. The number of rotatable bonds is 6. The Kier molecular flexibility index (Phi) is 6.45. The van der Waals surface area contributed by atoms with E-state index in [2.05, 4.69) is 5.32 Å². The molecule has 0 aromatic heterocycles. The van der Waals surface area contributed by atoms with Crippen LogP contribution in [0.15, 0.2) is 0 Å². The van der Waals surface area contributed by atoms with Gasteiger partial charge in [-0.2, -0.15) is 0 Å². The summed E-state index contributed by atoms with van der Waals surface area (Å²) in [5.74, 6) is 0. The fourth-order valence-electron chi connectivity index (χ4n) is 0.653. The van der Waals surface area contributed by atoms with Gasteiger partial charge in [-0.1, -0.05) is 0 Å². The Hall–Kier alpha value is -0.160. The summed E-state index contributed by atoms with van der Waals surface area (Å²) in [6, 6.07) is 0.0292. The lowest BCUT2D eigenvalue weighted by atomic mass is 10.3. The second-order valence-electron chi connectivity index (χ2n) is 2.60. The summed E-state index contributed by atoms with van der Waals surface area (Å²) < 4.78 is 4.72. The van der Waals surface area contributed by atoms with Crippen LogP contribution in [0.25, 0.3) is 0 Å². The number of ether oxygens (including phenoxy) is 1. The molecule has 0 aliphatic carbocycles. The van der Waals surface area contributed by atoms with Crippen LogP contribution in [-0.4, -0.2) is 49.2 Å². The second-order valence-corrected chi connectivity index (χ2v) is 2.60. The number of nitrogens with one attached hydrogen (secondary N) is 1. The van der Waals surface area contributed by atoms with Gasteiger partial charge in [0.05, 0.1) is 19.3 Å². The van der Waals surface area contributed by atoms with E-state index in [0.717, 1.165) is 0 Å². The van der Waals surface area contributed by atoms with E-state index < -0.39 is 6.10 Å². The SMILES string of the molecule is COCC(O)CNC(C)CO. The Bertz CT molecular complexity index is 89.8. The third-order valence-electron chi connectivity index (χ3n) is 1.33. The first-order chi connectivity index (χ1) is 5.20. The third kappa shape index (κ3) is 6.25. The number of aliphatic hydroxyl groups excluding tert-OH is 2. The maximum Gasteiger partial charge on any atom is 0.0897 e. The molecule has 3 N–H and O–H groups in total. The third-order valence-corrected chi connectivity index (χ3v) is 1.33. The van der Waals surface area contributed by atoms with E-state index in [1.807, 2.05) is 6.92 Å². The largest absolute Gasteiger partial charge is 0.395 e. The molecule has 0 aliphatic rings. The molecule has 0 aromatic rings. The molecule has 4 heteroatoms. The first-order valence-corrected chi connectivity index (χ1v) is 3.72. The average Bonchev–Trinajstić information content (AvgIpc) is 2.01. The Labute approximate surface area is 67.2 Å². The van der Waals surface area contributed by atoms with Crippen LogP contribution in [0.3, 0.4) is 0 Å². The smallest absolute Gasteiger partial charge is 0.0897 e. The Morgan fingerprint density at radius 1 is 1.55 bits per heavy atom. The van der Waals surface area contributed by atoms with Crippen molar-refractivity contribution in [1.29, 1.82) is 0 Å². The van der Waals surface area contributed by atoms with Crippen LogP contribution in [-0.2, 0) is 4.74 Å². The van der Waals surface area contributed by atoms with E-state index in [1.54, 1.807) is 7.11 Å². The Morgan fingerprint density at radius 3 is 2.64 bits per heavy atom. The van der Waals surface area contributed by atoms with Gasteiger partial charge in [-0.25, -0.2) is 0 Å². The van der Waals surface area contributed by atoms with Crippen LogP contribution in [0, 0.1) is 0 Å². The zero-order chi connectivity index (χ0) is 8.69. The molecule has 2 atom stereocenters. The van der Waals surface area contributed by atoms with Gasteiger partial charge in [0.1, 0.15) is 0 Å². The number of methoxy groups -OCH3 is 1. The molecule has 11 heavy (non-hydrogen) atoms. The van der Waals surface area contributed by atoms with Gasteiger partial charge in [0.25, 0.3) is 0 Å². The summed E-state index contributed by atoms with van der Waals surface area (Å²) in [5.41, 5.74) is 0. The zero-order valence-corrected chi connectivity index (χ0v) is 7.08. The molecule has 0 aromatic carbocycles. The standard InChI is InChI=1S/C7H17NO3/c1-6(4-9)8-3-7(10)5-11-2/h6-10H,3-5H2,1-2H3. The molecule has 2 unspecified atom stereocenters. The molecular formula is C7H17NO3. The molecule has 4 nitrogen and oxygen atoms in total. The minimum absolute atomic E-state index is 0.0292. The normalized spacial score (nSPS) is 16.4. The van der Waals surface area contributed by atoms with Gasteiger partial charge in [0.15, 0.2) is 0 Å². The number of hydrogen-bond acceptors (Lipinski definition) is 4.